The van der Waals surface area contributed by atoms with Gasteiger partial charge in [-0.05, 0) is 18.9 Å². The molecule has 0 amide bonds. The summed E-state index contributed by atoms with van der Waals surface area (Å²) in [5.41, 5.74) is 1.21. The first kappa shape index (κ1) is 12.2. The molecule has 0 aromatic heterocycles. The second-order valence-corrected chi connectivity index (χ2v) is 5.41. The van der Waals surface area contributed by atoms with Crippen LogP contribution in [0.5, 0.6) is 0 Å². The topological polar surface area (TPSA) is 17.1 Å². The Hall–Kier alpha value is 0.110. The van der Waals surface area contributed by atoms with E-state index in [0.29, 0.717) is 0 Å². The van der Waals surface area contributed by atoms with E-state index < -0.39 is 0 Å². The minimum atomic E-state index is -0.0839. The van der Waals surface area contributed by atoms with Gasteiger partial charge >= 0.3 is 0 Å². The molecule has 0 spiro atoms. The molecule has 0 heterocycles. The highest BCUT2D eigenvalue weighted by atomic mass is 79.9. The largest absolute Gasteiger partial charge is 0.299 e. The van der Waals surface area contributed by atoms with E-state index in [0.717, 1.165) is 11.8 Å². The fraction of sp³-hybridized carbons (Fsp3) is 0.545. The zero-order valence-corrected chi connectivity index (χ0v) is 11.6. The normalized spacial score (nSPS) is 28.4. The van der Waals surface area contributed by atoms with Crippen LogP contribution in [0.2, 0.25) is 0 Å². The van der Waals surface area contributed by atoms with Crippen molar-refractivity contribution < 1.29 is 4.79 Å². The molecule has 3 heteroatoms. The van der Waals surface area contributed by atoms with Crippen molar-refractivity contribution in [2.45, 2.75) is 25.1 Å². The average molecular weight is 322 g/mol. The predicted molar refractivity (Wildman–Crippen MR) is 67.1 cm³/mol. The number of hydrogen-bond donors (Lipinski definition) is 0. The van der Waals surface area contributed by atoms with E-state index in [-0.39, 0.29) is 16.0 Å². The maximum atomic E-state index is 11.3. The average Bonchev–Trinajstić information content (AvgIpc) is 2.18. The third-order valence-electron chi connectivity index (χ3n) is 2.57. The van der Waals surface area contributed by atoms with Crippen molar-refractivity contribution in [3.8, 4) is 0 Å². The summed E-state index contributed by atoms with van der Waals surface area (Å²) in [5, 5.41) is 0.882. The third kappa shape index (κ3) is 2.57. The van der Waals surface area contributed by atoms with E-state index in [1.165, 1.54) is 5.57 Å². The van der Waals surface area contributed by atoms with Gasteiger partial charge in [0.1, 0.15) is 5.78 Å². The van der Waals surface area contributed by atoms with E-state index in [1.807, 2.05) is 0 Å². The fourth-order valence-corrected chi connectivity index (χ4v) is 2.29. The Labute approximate surface area is 102 Å². The molecule has 0 fully saturated rings. The van der Waals surface area contributed by atoms with E-state index in [1.54, 1.807) is 6.92 Å². The Morgan fingerprint density at radius 2 is 2.36 bits per heavy atom. The number of carbonyl (C=O) groups is 1. The molecule has 1 aliphatic carbocycles. The summed E-state index contributed by atoms with van der Waals surface area (Å²) in [6, 6.07) is 0. The second-order valence-electron chi connectivity index (χ2n) is 3.93. The van der Waals surface area contributed by atoms with Gasteiger partial charge in [-0.3, -0.25) is 4.79 Å². The summed E-state index contributed by atoms with van der Waals surface area (Å²) in [5.74, 6) is 0.188. The molecule has 0 aromatic rings. The lowest BCUT2D eigenvalue weighted by Crippen LogP contribution is -2.31. The number of carbonyl (C=O) groups excluding carboxylic acids is 1. The van der Waals surface area contributed by atoms with Crippen LogP contribution in [0.25, 0.3) is 0 Å². The van der Waals surface area contributed by atoms with Gasteiger partial charge in [0.25, 0.3) is 0 Å². The summed E-state index contributed by atoms with van der Waals surface area (Å²) >= 11 is 6.88. The number of Topliss-reactive ketones (excluding diaryl/α,β-unsaturated/α-hetero) is 1. The smallest absolute Gasteiger partial charge is 0.144 e. The lowest BCUT2D eigenvalue weighted by molar-refractivity contribution is -0.117. The van der Waals surface area contributed by atoms with Crippen molar-refractivity contribution in [3.63, 3.8) is 0 Å². The SMILES string of the molecule is CC(=O)C(Br)C1(C)C=CC(CBr)=CC1. The van der Waals surface area contributed by atoms with Crippen LogP contribution >= 0.6 is 31.9 Å². The Morgan fingerprint density at radius 1 is 1.71 bits per heavy atom. The third-order valence-corrected chi connectivity index (χ3v) is 4.91. The molecule has 0 saturated heterocycles. The number of rotatable bonds is 3. The molecule has 78 valence electrons. The van der Waals surface area contributed by atoms with Crippen LogP contribution in [0.3, 0.4) is 0 Å². The van der Waals surface area contributed by atoms with Gasteiger partial charge in [-0.15, -0.1) is 0 Å². The molecule has 1 rings (SSSR count). The van der Waals surface area contributed by atoms with E-state index in [9.17, 15) is 4.79 Å². The maximum absolute atomic E-state index is 11.3. The molecule has 0 saturated carbocycles. The Morgan fingerprint density at radius 3 is 2.71 bits per heavy atom. The second kappa shape index (κ2) is 4.75. The van der Waals surface area contributed by atoms with Crippen LogP contribution < -0.4 is 0 Å². The van der Waals surface area contributed by atoms with Gasteiger partial charge in [0.15, 0.2) is 0 Å². The maximum Gasteiger partial charge on any atom is 0.144 e. The number of halogens is 2. The van der Waals surface area contributed by atoms with Gasteiger partial charge in [-0.2, -0.15) is 0 Å². The van der Waals surface area contributed by atoms with Crippen molar-refractivity contribution in [2.75, 3.05) is 5.33 Å². The van der Waals surface area contributed by atoms with Gasteiger partial charge in [0.2, 0.25) is 0 Å². The zero-order chi connectivity index (χ0) is 10.8. The van der Waals surface area contributed by atoms with Gasteiger partial charge in [-0.25, -0.2) is 0 Å². The number of hydrogen-bond acceptors (Lipinski definition) is 1. The minimum absolute atomic E-state index is 0.0719. The molecule has 2 unspecified atom stereocenters. The summed E-state index contributed by atoms with van der Waals surface area (Å²) in [6.45, 7) is 3.73. The molecule has 1 aliphatic rings. The van der Waals surface area contributed by atoms with Crippen molar-refractivity contribution in [1.29, 1.82) is 0 Å². The summed E-state index contributed by atoms with van der Waals surface area (Å²) in [7, 11) is 0. The molecule has 0 aromatic carbocycles. The molecule has 0 bridgehead atoms. The first-order chi connectivity index (χ1) is 6.49. The van der Waals surface area contributed by atoms with Gasteiger partial charge in [0.05, 0.1) is 4.83 Å². The van der Waals surface area contributed by atoms with Crippen molar-refractivity contribution >= 4 is 37.6 Å². The van der Waals surface area contributed by atoms with Gasteiger partial charge in [0, 0.05) is 10.7 Å². The van der Waals surface area contributed by atoms with Crippen molar-refractivity contribution in [1.82, 2.24) is 0 Å². The lowest BCUT2D eigenvalue weighted by atomic mass is 9.78. The molecular weight excluding hydrogens is 308 g/mol. The zero-order valence-electron chi connectivity index (χ0n) is 8.39. The number of alkyl halides is 2. The highest BCUT2D eigenvalue weighted by Gasteiger charge is 2.33. The number of allylic oxidation sites excluding steroid dienone is 4. The Kier molecular flexibility index (Phi) is 4.14. The molecule has 14 heavy (non-hydrogen) atoms. The van der Waals surface area contributed by atoms with Crippen LogP contribution in [0, 0.1) is 5.41 Å². The van der Waals surface area contributed by atoms with E-state index in [4.69, 9.17) is 0 Å². The quantitative estimate of drug-likeness (QED) is 0.725. The van der Waals surface area contributed by atoms with E-state index in [2.05, 4.69) is 57.0 Å². The molecule has 0 aliphatic heterocycles. The van der Waals surface area contributed by atoms with Gasteiger partial charge in [-0.1, -0.05) is 57.0 Å². The fourth-order valence-electron chi connectivity index (χ4n) is 1.54. The van der Waals surface area contributed by atoms with Crippen molar-refractivity contribution in [2.24, 2.45) is 5.41 Å². The predicted octanol–water partition coefficient (Wildman–Crippen LogP) is 3.63. The molecule has 2 atom stereocenters. The van der Waals surface area contributed by atoms with Crippen LogP contribution in [0.1, 0.15) is 20.3 Å². The standard InChI is InChI=1S/C11H14Br2O/c1-8(14)10(13)11(2)5-3-9(7-12)4-6-11/h3-5,10H,6-7H2,1-2H3. The summed E-state index contributed by atoms with van der Waals surface area (Å²) in [6.07, 6.45) is 7.33. The first-order valence-corrected chi connectivity index (χ1v) is 6.62. The first-order valence-electron chi connectivity index (χ1n) is 4.58. The highest BCUT2D eigenvalue weighted by molar-refractivity contribution is 9.10. The lowest BCUT2D eigenvalue weighted by Gasteiger charge is -2.31. The molecule has 0 radical (unpaired) electrons. The molecular formula is C11H14Br2O. The van der Waals surface area contributed by atoms with E-state index >= 15 is 0 Å². The van der Waals surface area contributed by atoms with Crippen LogP contribution in [-0.4, -0.2) is 15.9 Å². The summed E-state index contributed by atoms with van der Waals surface area (Å²) in [4.78, 5) is 11.2. The van der Waals surface area contributed by atoms with Crippen LogP contribution in [0.4, 0.5) is 0 Å². The van der Waals surface area contributed by atoms with Crippen LogP contribution in [-0.2, 0) is 4.79 Å². The Bertz CT molecular complexity index is 294. The highest BCUT2D eigenvalue weighted by Crippen LogP contribution is 2.37. The Balaban J connectivity index is 2.78. The van der Waals surface area contributed by atoms with Gasteiger partial charge < -0.3 is 0 Å². The van der Waals surface area contributed by atoms with Crippen LogP contribution in [0.15, 0.2) is 23.8 Å². The molecule has 0 N–H and O–H groups in total. The van der Waals surface area contributed by atoms with Crippen molar-refractivity contribution in [3.05, 3.63) is 23.8 Å². The molecule has 1 nitrogen and oxygen atoms in total. The minimum Gasteiger partial charge on any atom is -0.299 e. The monoisotopic (exact) mass is 320 g/mol. The number of ketones is 1. The summed E-state index contributed by atoms with van der Waals surface area (Å²) < 4.78 is 0.